The predicted octanol–water partition coefficient (Wildman–Crippen LogP) is -0.840. The van der Waals surface area contributed by atoms with Crippen molar-refractivity contribution >= 4 is 5.84 Å². The van der Waals surface area contributed by atoms with E-state index in [-0.39, 0.29) is 5.84 Å². The first-order valence-electron chi connectivity index (χ1n) is 3.27. The highest BCUT2D eigenvalue weighted by Crippen LogP contribution is 2.14. The lowest BCUT2D eigenvalue weighted by molar-refractivity contribution is -0.114. The number of nitrogens with two attached hydrogens (primary N) is 2. The monoisotopic (exact) mass is 151 g/mol. The Balaban J connectivity index is 3.12. The predicted molar refractivity (Wildman–Crippen MR) is 43.2 cm³/mol. The summed E-state index contributed by atoms with van der Waals surface area (Å²) in [5.41, 5.74) is 6.15. The molecule has 1 aromatic rings. The molecular formula is C8H11N2O+. The fourth-order valence-electron chi connectivity index (χ4n) is 0.883. The van der Waals surface area contributed by atoms with Gasteiger partial charge in [-0.15, -0.1) is 0 Å². The average molecular weight is 151 g/mol. The van der Waals surface area contributed by atoms with Crippen molar-refractivity contribution in [1.29, 1.82) is 0 Å². The highest BCUT2D eigenvalue weighted by Gasteiger charge is 2.06. The molecule has 0 aliphatic rings. The van der Waals surface area contributed by atoms with Crippen LogP contribution in [0.3, 0.4) is 0 Å². The van der Waals surface area contributed by atoms with E-state index in [1.165, 1.54) is 0 Å². The first-order valence-corrected chi connectivity index (χ1v) is 3.27. The maximum Gasteiger partial charge on any atom is 0.274 e. The smallest absolute Gasteiger partial charge is 0.274 e. The third kappa shape index (κ3) is 1.49. The molecule has 0 heterocycles. The van der Waals surface area contributed by atoms with Gasteiger partial charge in [-0.3, -0.25) is 11.1 Å². The first-order chi connectivity index (χ1) is 5.25. The van der Waals surface area contributed by atoms with Gasteiger partial charge in [-0.1, -0.05) is 12.1 Å². The van der Waals surface area contributed by atoms with E-state index in [2.05, 4.69) is 0 Å². The second-order valence-corrected chi connectivity index (χ2v) is 2.16. The van der Waals surface area contributed by atoms with Gasteiger partial charge < -0.3 is 4.74 Å². The van der Waals surface area contributed by atoms with Crippen molar-refractivity contribution in [2.24, 2.45) is 5.73 Å². The van der Waals surface area contributed by atoms with Crippen LogP contribution in [-0.2, 0) is 0 Å². The summed E-state index contributed by atoms with van der Waals surface area (Å²) in [4.78, 5) is 0. The molecule has 0 saturated carbocycles. The van der Waals surface area contributed by atoms with Crippen LogP contribution in [0, 0.1) is 0 Å². The highest BCUT2D eigenvalue weighted by atomic mass is 16.5. The van der Waals surface area contributed by atoms with Crippen LogP contribution in [0.25, 0.3) is 0 Å². The summed E-state index contributed by atoms with van der Waals surface area (Å²) in [7, 11) is 1.59. The van der Waals surface area contributed by atoms with Crippen LogP contribution in [-0.4, -0.2) is 12.9 Å². The van der Waals surface area contributed by atoms with Gasteiger partial charge >= 0.3 is 0 Å². The maximum atomic E-state index is 5.40. The summed E-state index contributed by atoms with van der Waals surface area (Å²) in [5.74, 6) is 0.981. The Morgan fingerprint density at radius 1 is 1.45 bits per heavy atom. The van der Waals surface area contributed by atoms with Crippen LogP contribution >= 0.6 is 0 Å². The quantitative estimate of drug-likeness (QED) is 0.427. The second kappa shape index (κ2) is 3.05. The van der Waals surface area contributed by atoms with Crippen molar-refractivity contribution in [1.82, 2.24) is 0 Å². The molecule has 0 aromatic heterocycles. The zero-order chi connectivity index (χ0) is 8.27. The standard InChI is InChI=1S/C8H10N2O/c1-11-7-5-3-2-4-6(7)8(9)10/h2-5H,1H3,(H3,9,10)/p+1. The van der Waals surface area contributed by atoms with Gasteiger partial charge in [0.15, 0.2) is 0 Å². The lowest BCUT2D eigenvalue weighted by atomic mass is 10.2. The number of methoxy groups -OCH3 is 1. The van der Waals surface area contributed by atoms with Crippen molar-refractivity contribution < 1.29 is 10.1 Å². The summed E-state index contributed by atoms with van der Waals surface area (Å²) < 4.78 is 5.03. The minimum Gasteiger partial charge on any atom is -0.496 e. The number of amidine groups is 1. The summed E-state index contributed by atoms with van der Waals surface area (Å²) in [6, 6.07) is 7.35. The molecule has 0 aliphatic heterocycles. The van der Waals surface area contributed by atoms with E-state index in [1.807, 2.05) is 24.3 Å². The van der Waals surface area contributed by atoms with Crippen LogP contribution in [0.5, 0.6) is 5.75 Å². The van der Waals surface area contributed by atoms with Gasteiger partial charge in [0, 0.05) is 0 Å². The van der Waals surface area contributed by atoms with Crippen molar-refractivity contribution in [3.05, 3.63) is 29.8 Å². The minimum absolute atomic E-state index is 0.280. The van der Waals surface area contributed by atoms with E-state index in [4.69, 9.17) is 15.9 Å². The molecule has 1 rings (SSSR count). The second-order valence-electron chi connectivity index (χ2n) is 2.16. The molecule has 0 saturated heterocycles. The SMILES string of the molecule is COc1ccccc1C(N)=[NH2+]. The van der Waals surface area contributed by atoms with Gasteiger partial charge in [-0.25, -0.2) is 0 Å². The number of benzene rings is 1. The Kier molecular flexibility index (Phi) is 2.11. The molecule has 0 atom stereocenters. The summed E-state index contributed by atoms with van der Waals surface area (Å²) >= 11 is 0. The minimum atomic E-state index is 0.280. The first kappa shape index (κ1) is 7.60. The van der Waals surface area contributed by atoms with Crippen LogP contribution in [0.15, 0.2) is 24.3 Å². The van der Waals surface area contributed by atoms with E-state index in [1.54, 1.807) is 7.11 Å². The molecular weight excluding hydrogens is 140 g/mol. The molecule has 1 aromatic carbocycles. The fraction of sp³-hybridized carbons (Fsp3) is 0.125. The molecule has 0 spiro atoms. The third-order valence-electron chi connectivity index (χ3n) is 1.42. The van der Waals surface area contributed by atoms with Gasteiger partial charge in [-0.05, 0) is 12.1 Å². The average Bonchev–Trinajstić information content (AvgIpc) is 2.04. The van der Waals surface area contributed by atoms with E-state index < -0.39 is 0 Å². The Labute approximate surface area is 65.3 Å². The Bertz CT molecular complexity index is 271. The van der Waals surface area contributed by atoms with Crippen LogP contribution in [0.2, 0.25) is 0 Å². The molecule has 3 heteroatoms. The van der Waals surface area contributed by atoms with Gasteiger partial charge in [0.1, 0.15) is 11.3 Å². The van der Waals surface area contributed by atoms with E-state index in [0.29, 0.717) is 5.75 Å². The number of hydrogen-bond acceptors (Lipinski definition) is 1. The molecule has 4 N–H and O–H groups in total. The molecule has 58 valence electrons. The van der Waals surface area contributed by atoms with Crippen molar-refractivity contribution in [2.45, 2.75) is 0 Å². The zero-order valence-electron chi connectivity index (χ0n) is 6.37. The van der Waals surface area contributed by atoms with Crippen molar-refractivity contribution in [2.75, 3.05) is 7.11 Å². The van der Waals surface area contributed by atoms with E-state index >= 15 is 0 Å². The number of para-hydroxylation sites is 1. The van der Waals surface area contributed by atoms with Gasteiger partial charge in [-0.2, -0.15) is 0 Å². The topological polar surface area (TPSA) is 60.8 Å². The molecule has 3 nitrogen and oxygen atoms in total. The summed E-state index contributed by atoms with van der Waals surface area (Å²) in [5, 5.41) is 5.40. The molecule has 0 fully saturated rings. The van der Waals surface area contributed by atoms with Gasteiger partial charge in [0.2, 0.25) is 0 Å². The van der Waals surface area contributed by atoms with Crippen molar-refractivity contribution in [3.63, 3.8) is 0 Å². The van der Waals surface area contributed by atoms with E-state index in [9.17, 15) is 0 Å². The fourth-order valence-corrected chi connectivity index (χ4v) is 0.883. The number of ether oxygens (including phenoxy) is 1. The van der Waals surface area contributed by atoms with Crippen LogP contribution in [0.4, 0.5) is 0 Å². The zero-order valence-corrected chi connectivity index (χ0v) is 6.37. The number of rotatable bonds is 2. The Hall–Kier alpha value is -1.51. The lowest BCUT2D eigenvalue weighted by Gasteiger charge is -2.01. The Morgan fingerprint density at radius 3 is 2.55 bits per heavy atom. The molecule has 0 unspecified atom stereocenters. The maximum absolute atomic E-state index is 5.40. The van der Waals surface area contributed by atoms with Crippen molar-refractivity contribution in [3.8, 4) is 5.75 Å². The van der Waals surface area contributed by atoms with Gasteiger partial charge in [0.25, 0.3) is 5.84 Å². The molecule has 11 heavy (non-hydrogen) atoms. The summed E-state index contributed by atoms with van der Waals surface area (Å²) in [6.45, 7) is 0. The molecule has 0 radical (unpaired) electrons. The lowest BCUT2D eigenvalue weighted by Crippen LogP contribution is -2.46. The van der Waals surface area contributed by atoms with Crippen LogP contribution in [0.1, 0.15) is 5.56 Å². The Morgan fingerprint density at radius 2 is 2.09 bits per heavy atom. The van der Waals surface area contributed by atoms with Crippen LogP contribution < -0.4 is 15.9 Å². The highest BCUT2D eigenvalue weighted by molar-refractivity contribution is 5.95. The molecule has 0 bridgehead atoms. The normalized spacial score (nSPS) is 9.18. The largest absolute Gasteiger partial charge is 0.496 e. The number of hydrogen-bond donors (Lipinski definition) is 2. The molecule has 0 aliphatic carbocycles. The molecule has 0 amide bonds. The van der Waals surface area contributed by atoms with Gasteiger partial charge in [0.05, 0.1) is 7.11 Å². The third-order valence-corrected chi connectivity index (χ3v) is 1.42. The summed E-state index contributed by atoms with van der Waals surface area (Å²) in [6.07, 6.45) is 0. The van der Waals surface area contributed by atoms with E-state index in [0.717, 1.165) is 5.56 Å².